The highest BCUT2D eigenvalue weighted by Crippen LogP contribution is 1.98. The monoisotopic (exact) mass is 263 g/mol. The molecule has 0 aromatic heterocycles. The van der Waals surface area contributed by atoms with Crippen LogP contribution in [0.5, 0.6) is 0 Å². The smallest absolute Gasteiger partial charge is 0.0834 e. The van der Waals surface area contributed by atoms with Gasteiger partial charge < -0.3 is 0 Å². The van der Waals surface area contributed by atoms with E-state index in [0.29, 0.717) is 0 Å². The Morgan fingerprint density at radius 1 is 1.45 bits per heavy atom. The normalized spacial score (nSPS) is 13.5. The first-order chi connectivity index (χ1) is 5.35. The molecule has 0 saturated carbocycles. The van der Waals surface area contributed by atoms with Crippen LogP contribution in [0, 0.1) is 0 Å². The number of rotatable bonds is 4. The van der Waals surface area contributed by atoms with Crippen molar-refractivity contribution in [1.82, 2.24) is 0 Å². The average molecular weight is 263 g/mol. The summed E-state index contributed by atoms with van der Waals surface area (Å²) in [5, 5.41) is 0. The van der Waals surface area contributed by atoms with Crippen molar-refractivity contribution in [3.8, 4) is 0 Å². The van der Waals surface area contributed by atoms with Crippen LogP contribution >= 0.6 is 22.9 Å². The minimum Gasteiger partial charge on any atom is -0.220 e. The molecule has 0 amide bonds. The van der Waals surface area contributed by atoms with Gasteiger partial charge in [-0.1, -0.05) is 31.6 Å². The number of halogens is 1. The SMILES string of the molecule is C/C=C/C=C\C(CCC)=NI. The van der Waals surface area contributed by atoms with Crippen molar-refractivity contribution in [3.05, 3.63) is 24.3 Å². The first-order valence-corrected chi connectivity index (χ1v) is 4.78. The molecule has 0 aliphatic carbocycles. The molecule has 0 aromatic carbocycles. The van der Waals surface area contributed by atoms with Gasteiger partial charge in [-0.15, -0.1) is 0 Å². The maximum atomic E-state index is 4.12. The second-order valence-electron chi connectivity index (χ2n) is 2.21. The van der Waals surface area contributed by atoms with Gasteiger partial charge in [-0.2, -0.15) is 0 Å². The molecule has 62 valence electrons. The Labute approximate surface area is 82.8 Å². The summed E-state index contributed by atoms with van der Waals surface area (Å²) in [6, 6.07) is 0. The third-order valence-electron chi connectivity index (χ3n) is 1.21. The van der Waals surface area contributed by atoms with Crippen molar-refractivity contribution in [1.29, 1.82) is 0 Å². The Hall–Kier alpha value is -0.120. The summed E-state index contributed by atoms with van der Waals surface area (Å²) in [5.74, 6) is 0. The number of hydrogen-bond donors (Lipinski definition) is 0. The van der Waals surface area contributed by atoms with Crippen LogP contribution in [-0.2, 0) is 0 Å². The highest BCUT2D eigenvalue weighted by molar-refractivity contribution is 14.1. The lowest BCUT2D eigenvalue weighted by Crippen LogP contribution is -1.88. The van der Waals surface area contributed by atoms with E-state index in [1.54, 1.807) is 0 Å². The molecule has 0 atom stereocenters. The van der Waals surface area contributed by atoms with Crippen LogP contribution in [0.2, 0.25) is 0 Å². The zero-order chi connectivity index (χ0) is 8.53. The maximum absolute atomic E-state index is 4.12. The Morgan fingerprint density at radius 2 is 2.18 bits per heavy atom. The molecule has 11 heavy (non-hydrogen) atoms. The topological polar surface area (TPSA) is 12.4 Å². The van der Waals surface area contributed by atoms with Gasteiger partial charge >= 0.3 is 0 Å². The van der Waals surface area contributed by atoms with E-state index >= 15 is 0 Å². The highest BCUT2D eigenvalue weighted by Gasteiger charge is 1.88. The molecule has 0 aliphatic heterocycles. The molecule has 0 heterocycles. The Bertz CT molecular complexity index is 168. The van der Waals surface area contributed by atoms with Crippen LogP contribution in [-0.4, -0.2) is 5.71 Å². The van der Waals surface area contributed by atoms with Crippen LogP contribution in [0.15, 0.2) is 27.5 Å². The Kier molecular flexibility index (Phi) is 7.89. The summed E-state index contributed by atoms with van der Waals surface area (Å²) in [6.45, 7) is 4.16. The molecular formula is C9H14IN. The van der Waals surface area contributed by atoms with Gasteiger partial charge in [0.1, 0.15) is 0 Å². The molecule has 2 heteroatoms. The zero-order valence-electron chi connectivity index (χ0n) is 7.05. The predicted molar refractivity (Wildman–Crippen MR) is 60.3 cm³/mol. The molecule has 0 saturated heterocycles. The summed E-state index contributed by atoms with van der Waals surface area (Å²) in [7, 11) is 0. The fourth-order valence-electron chi connectivity index (χ4n) is 0.688. The van der Waals surface area contributed by atoms with E-state index < -0.39 is 0 Å². The molecule has 1 nitrogen and oxygen atoms in total. The summed E-state index contributed by atoms with van der Waals surface area (Å²) < 4.78 is 4.12. The van der Waals surface area contributed by atoms with Gasteiger partial charge in [0, 0.05) is 5.71 Å². The molecule has 0 fully saturated rings. The average Bonchev–Trinajstić information content (AvgIpc) is 2.03. The fourth-order valence-corrected chi connectivity index (χ4v) is 1.09. The molecule has 0 aromatic rings. The van der Waals surface area contributed by atoms with Crippen molar-refractivity contribution >= 4 is 28.6 Å². The molecule has 0 bridgehead atoms. The second-order valence-corrected chi connectivity index (χ2v) is 2.69. The maximum Gasteiger partial charge on any atom is 0.0834 e. The number of hydrogen-bond acceptors (Lipinski definition) is 1. The molecule has 0 rings (SSSR count). The van der Waals surface area contributed by atoms with Gasteiger partial charge in [-0.05, 0) is 19.4 Å². The van der Waals surface area contributed by atoms with Gasteiger partial charge in [-0.3, -0.25) is 0 Å². The van der Waals surface area contributed by atoms with E-state index in [1.165, 1.54) is 0 Å². The second kappa shape index (κ2) is 7.98. The van der Waals surface area contributed by atoms with Crippen molar-refractivity contribution in [2.24, 2.45) is 3.21 Å². The highest BCUT2D eigenvalue weighted by atomic mass is 127. The molecule has 0 aliphatic rings. The van der Waals surface area contributed by atoms with Gasteiger partial charge in [0.25, 0.3) is 0 Å². The Balaban J connectivity index is 3.88. The van der Waals surface area contributed by atoms with E-state index in [9.17, 15) is 0 Å². The minimum absolute atomic E-state index is 1.07. The van der Waals surface area contributed by atoms with Crippen LogP contribution < -0.4 is 0 Å². The zero-order valence-corrected chi connectivity index (χ0v) is 9.21. The first-order valence-electron chi connectivity index (χ1n) is 3.82. The standard InChI is InChI=1S/C9H14IN/c1-3-5-6-8-9(11-10)7-4-2/h3,5-6,8H,4,7H2,1-2H3/b5-3+,8-6-,11-9?. The van der Waals surface area contributed by atoms with Gasteiger partial charge in [0.2, 0.25) is 0 Å². The van der Waals surface area contributed by atoms with E-state index in [1.807, 2.05) is 48.0 Å². The van der Waals surface area contributed by atoms with E-state index in [2.05, 4.69) is 16.2 Å². The lowest BCUT2D eigenvalue weighted by atomic mass is 10.2. The van der Waals surface area contributed by atoms with Gasteiger partial charge in [-0.25, -0.2) is 3.21 Å². The van der Waals surface area contributed by atoms with E-state index in [4.69, 9.17) is 0 Å². The summed E-state index contributed by atoms with van der Waals surface area (Å²) in [4.78, 5) is 0. The fraction of sp³-hybridized carbons (Fsp3) is 0.444. The van der Waals surface area contributed by atoms with Crippen LogP contribution in [0.4, 0.5) is 0 Å². The quantitative estimate of drug-likeness (QED) is 0.416. The molecule has 0 N–H and O–H groups in total. The number of allylic oxidation sites excluding steroid dienone is 4. The molecule has 0 unspecified atom stereocenters. The van der Waals surface area contributed by atoms with E-state index in [0.717, 1.165) is 18.6 Å². The van der Waals surface area contributed by atoms with E-state index in [-0.39, 0.29) is 0 Å². The largest absolute Gasteiger partial charge is 0.220 e. The van der Waals surface area contributed by atoms with Crippen molar-refractivity contribution in [2.75, 3.05) is 0 Å². The lowest BCUT2D eigenvalue weighted by Gasteiger charge is -1.92. The van der Waals surface area contributed by atoms with Crippen molar-refractivity contribution < 1.29 is 0 Å². The Morgan fingerprint density at radius 3 is 2.64 bits per heavy atom. The van der Waals surface area contributed by atoms with Crippen LogP contribution in [0.25, 0.3) is 0 Å². The lowest BCUT2D eigenvalue weighted by molar-refractivity contribution is 1.000. The van der Waals surface area contributed by atoms with Gasteiger partial charge in [0.15, 0.2) is 0 Å². The molecule has 0 radical (unpaired) electrons. The third-order valence-corrected chi connectivity index (χ3v) is 1.83. The molecule has 0 spiro atoms. The summed E-state index contributed by atoms with van der Waals surface area (Å²) in [6.07, 6.45) is 10.3. The summed E-state index contributed by atoms with van der Waals surface area (Å²) >= 11 is 2.04. The van der Waals surface area contributed by atoms with Gasteiger partial charge in [0.05, 0.1) is 22.9 Å². The predicted octanol–water partition coefficient (Wildman–Crippen LogP) is 3.71. The minimum atomic E-state index is 1.07. The number of nitrogens with zero attached hydrogens (tertiary/aromatic N) is 1. The molecular weight excluding hydrogens is 249 g/mol. The van der Waals surface area contributed by atoms with Crippen molar-refractivity contribution in [2.45, 2.75) is 26.7 Å². The van der Waals surface area contributed by atoms with Crippen molar-refractivity contribution in [3.63, 3.8) is 0 Å². The first kappa shape index (κ1) is 10.9. The van der Waals surface area contributed by atoms with Crippen LogP contribution in [0.3, 0.4) is 0 Å². The van der Waals surface area contributed by atoms with Crippen LogP contribution in [0.1, 0.15) is 26.7 Å². The summed E-state index contributed by atoms with van der Waals surface area (Å²) in [5.41, 5.74) is 1.16. The third kappa shape index (κ3) is 6.28.